The molecule has 0 fully saturated rings. The molecule has 14 heavy (non-hydrogen) atoms. The number of carboxylic acid groups (broad SMARTS) is 1. The first-order valence-electron chi connectivity index (χ1n) is 5.87. The molecule has 0 saturated heterocycles. The van der Waals surface area contributed by atoms with Gasteiger partial charge in [0.2, 0.25) is 0 Å². The van der Waals surface area contributed by atoms with Crippen molar-refractivity contribution >= 4 is 6.09 Å². The lowest BCUT2D eigenvalue weighted by Gasteiger charge is -2.12. The fraction of sp³-hybridized carbons (Fsp3) is 0.909. The van der Waals surface area contributed by atoms with E-state index in [9.17, 15) is 4.79 Å². The Balaban J connectivity index is 3.27. The van der Waals surface area contributed by atoms with Crippen LogP contribution in [0.15, 0.2) is 0 Å². The van der Waals surface area contributed by atoms with Crippen molar-refractivity contribution in [1.82, 2.24) is 4.90 Å². The van der Waals surface area contributed by atoms with Crippen LogP contribution in [0.2, 0.25) is 0 Å². The summed E-state index contributed by atoms with van der Waals surface area (Å²) in [5.74, 6) is 0.783. The molecular weight excluding hydrogens is 178 g/mol. The molecule has 0 atom stereocenters. The number of nitrogens with zero attached hydrogens (tertiary/aromatic N) is 1. The second-order valence-corrected chi connectivity index (χ2v) is 4.28. The fourth-order valence-corrected chi connectivity index (χ4v) is 1.35. The van der Waals surface area contributed by atoms with Crippen LogP contribution in [0.1, 0.15) is 46.0 Å². The predicted molar refractivity (Wildman–Crippen MR) is 58.6 cm³/mol. The van der Waals surface area contributed by atoms with E-state index in [4.69, 9.17) is 1.43 Å². The molecular formula is C11H23NO2. The van der Waals surface area contributed by atoms with Crippen molar-refractivity contribution in [1.29, 1.82) is 1.43 Å². The van der Waals surface area contributed by atoms with Crippen LogP contribution in [0.4, 0.5) is 4.79 Å². The Morgan fingerprint density at radius 2 is 2.00 bits per heavy atom. The van der Waals surface area contributed by atoms with Gasteiger partial charge in [0.15, 0.2) is 0 Å². The number of hydrogen-bond acceptors (Lipinski definition) is 2. The Labute approximate surface area is 88.6 Å². The monoisotopic (exact) mass is 202 g/mol. The van der Waals surface area contributed by atoms with Gasteiger partial charge in [-0.1, -0.05) is 39.5 Å². The van der Waals surface area contributed by atoms with E-state index < -0.39 is 6.09 Å². The summed E-state index contributed by atoms with van der Waals surface area (Å²) in [5, 5.41) is 3.86. The molecule has 1 amide bonds. The van der Waals surface area contributed by atoms with Crippen LogP contribution in [-0.2, 0) is 0 Å². The zero-order valence-corrected chi connectivity index (χ0v) is 9.58. The van der Waals surface area contributed by atoms with Crippen molar-refractivity contribution in [2.24, 2.45) is 5.92 Å². The maximum Gasteiger partial charge on any atom is 0.407 e. The Morgan fingerprint density at radius 3 is 2.57 bits per heavy atom. The molecule has 0 aliphatic carbocycles. The molecule has 1 N–H and O–H groups in total. The van der Waals surface area contributed by atoms with Gasteiger partial charge in [-0.2, -0.15) is 0 Å². The van der Waals surface area contributed by atoms with E-state index >= 15 is 0 Å². The molecule has 0 aliphatic rings. The molecule has 0 unspecified atom stereocenters. The third kappa shape index (κ3) is 7.90. The summed E-state index contributed by atoms with van der Waals surface area (Å²) >= 11 is 0. The van der Waals surface area contributed by atoms with Gasteiger partial charge in [0.1, 0.15) is 0 Å². The molecule has 0 spiro atoms. The first-order valence-corrected chi connectivity index (χ1v) is 5.46. The highest BCUT2D eigenvalue weighted by Crippen LogP contribution is 2.09. The van der Waals surface area contributed by atoms with E-state index in [0.717, 1.165) is 18.8 Å². The molecule has 0 aliphatic heterocycles. The summed E-state index contributed by atoms with van der Waals surface area (Å²) in [6, 6.07) is 0. The van der Waals surface area contributed by atoms with E-state index in [0.29, 0.717) is 6.54 Å². The highest BCUT2D eigenvalue weighted by Gasteiger charge is 2.03. The summed E-state index contributed by atoms with van der Waals surface area (Å²) in [6.07, 6.45) is 5.33. The van der Waals surface area contributed by atoms with Gasteiger partial charge in [-0.15, -0.1) is 0 Å². The lowest BCUT2D eigenvalue weighted by molar-refractivity contribution is 0.155. The van der Waals surface area contributed by atoms with Crippen LogP contribution >= 0.6 is 0 Å². The van der Waals surface area contributed by atoms with E-state index in [-0.39, 0.29) is 0 Å². The molecule has 0 heterocycles. The predicted octanol–water partition coefficient (Wildman–Crippen LogP) is 3.20. The van der Waals surface area contributed by atoms with Gasteiger partial charge < -0.3 is 10.0 Å². The van der Waals surface area contributed by atoms with Gasteiger partial charge in [0.25, 0.3) is 1.43 Å². The van der Waals surface area contributed by atoms with E-state index in [2.05, 4.69) is 19.0 Å². The van der Waals surface area contributed by atoms with Gasteiger partial charge in [-0.25, -0.2) is 4.79 Å². The van der Waals surface area contributed by atoms with Gasteiger partial charge in [0.05, 0.1) is 0 Å². The maximum atomic E-state index is 10.8. The van der Waals surface area contributed by atoms with Gasteiger partial charge >= 0.3 is 6.09 Å². The second-order valence-electron chi connectivity index (χ2n) is 4.28. The van der Waals surface area contributed by atoms with Gasteiger partial charge in [-0.3, -0.25) is 0 Å². The molecule has 0 aromatic heterocycles. The normalized spacial score (nSPS) is 11.3. The van der Waals surface area contributed by atoms with Crippen molar-refractivity contribution in [2.75, 3.05) is 13.6 Å². The van der Waals surface area contributed by atoms with Crippen LogP contribution in [-0.4, -0.2) is 29.7 Å². The molecule has 3 nitrogen and oxygen atoms in total. The molecule has 0 radical (unpaired) electrons. The molecule has 0 bridgehead atoms. The van der Waals surface area contributed by atoms with Gasteiger partial charge in [-0.05, 0) is 12.3 Å². The summed E-state index contributed by atoms with van der Waals surface area (Å²) in [5.41, 5.74) is 0. The van der Waals surface area contributed by atoms with Crippen molar-refractivity contribution in [2.45, 2.75) is 46.0 Å². The van der Waals surface area contributed by atoms with Crippen LogP contribution in [0.25, 0.3) is 1.43 Å². The largest absolute Gasteiger partial charge is 0.465 e. The minimum atomic E-state index is -0.572. The minimum Gasteiger partial charge on any atom is -0.465 e. The first kappa shape index (κ1) is 11.3. The third-order valence-corrected chi connectivity index (χ3v) is 2.34. The highest BCUT2D eigenvalue weighted by molar-refractivity contribution is 5.64. The number of hydrogen-bond donors (Lipinski definition) is 1. The molecule has 84 valence electrons. The zero-order valence-electron chi connectivity index (χ0n) is 10.6. The number of unbranched alkanes of at least 4 members (excludes halogenated alkanes) is 3. The second kappa shape index (κ2) is 7.65. The summed E-state index contributed by atoms with van der Waals surface area (Å²) in [6.45, 7) is 5.15. The van der Waals surface area contributed by atoms with E-state index in [1.54, 1.807) is 7.05 Å². The standard InChI is InChI=1S/C11H23NO2/c1-10(2)8-6-4-5-7-9-12(3)11(13)14/h10H,4-9H2,1-3H3,(H,13,14)/i/hD. The fourth-order valence-electron chi connectivity index (χ4n) is 1.35. The molecule has 0 saturated carbocycles. The summed E-state index contributed by atoms with van der Waals surface area (Å²) in [4.78, 5) is 12.3. The number of amides is 1. The Kier molecular flexibility index (Phi) is 6.20. The van der Waals surface area contributed by atoms with Gasteiger partial charge in [0, 0.05) is 13.6 Å². The number of carbonyl (C=O) groups is 1. The first-order chi connectivity index (χ1) is 7.07. The lowest BCUT2D eigenvalue weighted by atomic mass is 10.0. The quantitative estimate of drug-likeness (QED) is 0.644. The van der Waals surface area contributed by atoms with Crippen LogP contribution < -0.4 is 0 Å². The smallest absolute Gasteiger partial charge is 0.407 e. The Hall–Kier alpha value is -0.730. The summed E-state index contributed by atoms with van der Waals surface area (Å²) in [7, 11) is 1.66. The molecule has 0 aromatic rings. The average Bonchev–Trinajstić information content (AvgIpc) is 2.21. The van der Waals surface area contributed by atoms with Crippen LogP contribution in [0.5, 0.6) is 0 Å². The Bertz CT molecular complexity index is 174. The average molecular weight is 202 g/mol. The zero-order chi connectivity index (χ0) is 11.7. The van der Waals surface area contributed by atoms with Crippen LogP contribution in [0.3, 0.4) is 0 Å². The van der Waals surface area contributed by atoms with E-state index in [1.807, 2.05) is 0 Å². The van der Waals surface area contributed by atoms with Crippen molar-refractivity contribution < 1.29 is 9.90 Å². The molecule has 3 heteroatoms. The SMILES string of the molecule is [2H]OC(=O)N(C)CCCCCCC(C)C. The summed E-state index contributed by atoms with van der Waals surface area (Å²) < 4.78 is 6.44. The van der Waals surface area contributed by atoms with Crippen LogP contribution in [0, 0.1) is 5.92 Å². The van der Waals surface area contributed by atoms with Crippen molar-refractivity contribution in [3.8, 4) is 0 Å². The number of rotatable bonds is 7. The topological polar surface area (TPSA) is 40.5 Å². The third-order valence-electron chi connectivity index (χ3n) is 2.34. The highest BCUT2D eigenvalue weighted by atomic mass is 16.4. The molecule has 0 aromatic carbocycles. The van der Waals surface area contributed by atoms with E-state index in [1.165, 1.54) is 24.2 Å². The lowest BCUT2D eigenvalue weighted by Crippen LogP contribution is -2.25. The van der Waals surface area contributed by atoms with Crippen molar-refractivity contribution in [3.63, 3.8) is 0 Å². The Morgan fingerprint density at radius 1 is 1.36 bits per heavy atom. The minimum absolute atomic E-state index is 0.572. The molecule has 0 rings (SSSR count). The maximum absolute atomic E-state index is 10.8. The van der Waals surface area contributed by atoms with Crippen molar-refractivity contribution in [3.05, 3.63) is 0 Å².